The van der Waals surface area contributed by atoms with Crippen molar-refractivity contribution in [3.63, 3.8) is 0 Å². The van der Waals surface area contributed by atoms with E-state index in [2.05, 4.69) is 43.1 Å². The summed E-state index contributed by atoms with van der Waals surface area (Å²) in [6.07, 6.45) is 3.23. The second-order valence-electron chi connectivity index (χ2n) is 7.90. The number of nitrogens with zero attached hydrogens (tertiary/aromatic N) is 4. The maximum absolute atomic E-state index is 14.1. The van der Waals surface area contributed by atoms with Crippen LogP contribution in [-0.2, 0) is 10.5 Å². The van der Waals surface area contributed by atoms with Crippen molar-refractivity contribution in [1.29, 1.82) is 0 Å². The van der Waals surface area contributed by atoms with Crippen LogP contribution in [0.5, 0.6) is 0 Å². The van der Waals surface area contributed by atoms with Gasteiger partial charge in [0.15, 0.2) is 0 Å². The Kier molecular flexibility index (Phi) is 6.65. The van der Waals surface area contributed by atoms with Gasteiger partial charge in [-0.1, -0.05) is 64.6 Å². The van der Waals surface area contributed by atoms with E-state index in [9.17, 15) is 9.18 Å². The molecule has 5 rings (SSSR count). The first-order chi connectivity index (χ1) is 17.0. The molecule has 176 valence electrons. The van der Waals surface area contributed by atoms with Crippen LogP contribution in [0, 0.1) is 11.7 Å². The zero-order chi connectivity index (χ0) is 24.4. The number of carbonyl (C=O) groups excluding carboxylic acids is 1. The van der Waals surface area contributed by atoms with Crippen molar-refractivity contribution >= 4 is 45.2 Å². The molecule has 2 atom stereocenters. The second-order valence-corrected chi connectivity index (χ2v) is 9.76. The van der Waals surface area contributed by atoms with Crippen molar-refractivity contribution in [1.82, 2.24) is 19.7 Å². The van der Waals surface area contributed by atoms with Crippen molar-refractivity contribution < 1.29 is 9.18 Å². The molecule has 4 aromatic rings. The third-order valence-corrected chi connectivity index (χ3v) is 6.93. The van der Waals surface area contributed by atoms with Crippen molar-refractivity contribution in [3.05, 3.63) is 107 Å². The molecule has 1 aliphatic rings. The Labute approximate surface area is 214 Å². The van der Waals surface area contributed by atoms with Gasteiger partial charge in [-0.05, 0) is 41.5 Å². The van der Waals surface area contributed by atoms with E-state index in [1.54, 1.807) is 47.4 Å². The van der Waals surface area contributed by atoms with E-state index in [4.69, 9.17) is 5.10 Å². The fourth-order valence-corrected chi connectivity index (χ4v) is 5.17. The van der Waals surface area contributed by atoms with Crippen LogP contribution in [-0.4, -0.2) is 25.7 Å². The van der Waals surface area contributed by atoms with E-state index in [1.165, 1.54) is 17.8 Å². The quantitative estimate of drug-likeness (QED) is 0.302. The van der Waals surface area contributed by atoms with Crippen LogP contribution in [0.2, 0.25) is 0 Å². The normalized spacial score (nSPS) is 16.9. The Morgan fingerprint density at radius 1 is 1.20 bits per heavy atom. The highest BCUT2D eigenvalue weighted by molar-refractivity contribution is 9.10. The van der Waals surface area contributed by atoms with E-state index in [0.717, 1.165) is 10.0 Å². The summed E-state index contributed by atoms with van der Waals surface area (Å²) in [5.74, 6) is -0.342. The SMILES string of the molecule is C=C1Nc2nc(SCc3ccccc3F)nn2[C@H](c2cccc(Br)c2)[C@H]1C(=O)Nc1cccnc1. The van der Waals surface area contributed by atoms with E-state index in [0.29, 0.717) is 33.8 Å². The molecule has 10 heteroatoms. The predicted molar refractivity (Wildman–Crippen MR) is 137 cm³/mol. The number of hydrogen-bond acceptors (Lipinski definition) is 6. The number of rotatable bonds is 6. The van der Waals surface area contributed by atoms with Gasteiger partial charge in [0.05, 0.1) is 17.9 Å². The van der Waals surface area contributed by atoms with Crippen LogP contribution >= 0.6 is 27.7 Å². The van der Waals surface area contributed by atoms with E-state index in [-0.39, 0.29) is 11.7 Å². The predicted octanol–water partition coefficient (Wildman–Crippen LogP) is 5.65. The maximum Gasteiger partial charge on any atom is 0.236 e. The van der Waals surface area contributed by atoms with Gasteiger partial charge in [0.2, 0.25) is 17.0 Å². The summed E-state index contributed by atoms with van der Waals surface area (Å²) in [5, 5.41) is 11.2. The Morgan fingerprint density at radius 3 is 2.83 bits per heavy atom. The molecule has 2 N–H and O–H groups in total. The molecule has 0 fully saturated rings. The molecular weight excluding hydrogens is 531 g/mol. The zero-order valence-corrected chi connectivity index (χ0v) is 20.8. The van der Waals surface area contributed by atoms with Gasteiger partial charge in [0.25, 0.3) is 0 Å². The number of carbonyl (C=O) groups is 1. The topological polar surface area (TPSA) is 84.7 Å². The van der Waals surface area contributed by atoms with Crippen molar-refractivity contribution in [2.45, 2.75) is 17.0 Å². The summed E-state index contributed by atoms with van der Waals surface area (Å²) < 4.78 is 16.7. The number of anilines is 2. The van der Waals surface area contributed by atoms with Gasteiger partial charge >= 0.3 is 0 Å². The minimum absolute atomic E-state index is 0.248. The highest BCUT2D eigenvalue weighted by atomic mass is 79.9. The van der Waals surface area contributed by atoms with Crippen LogP contribution in [0.3, 0.4) is 0 Å². The van der Waals surface area contributed by atoms with Crippen molar-refractivity contribution in [3.8, 4) is 0 Å². The fraction of sp³-hybridized carbons (Fsp3) is 0.120. The number of thioether (sulfide) groups is 1. The van der Waals surface area contributed by atoms with Crippen LogP contribution in [0.25, 0.3) is 0 Å². The van der Waals surface area contributed by atoms with Crippen molar-refractivity contribution in [2.24, 2.45) is 5.92 Å². The lowest BCUT2D eigenvalue weighted by Crippen LogP contribution is -2.39. The molecule has 0 aliphatic carbocycles. The maximum atomic E-state index is 14.1. The molecule has 2 aromatic heterocycles. The lowest BCUT2D eigenvalue weighted by Gasteiger charge is -2.33. The molecule has 0 saturated carbocycles. The van der Waals surface area contributed by atoms with E-state index >= 15 is 0 Å². The highest BCUT2D eigenvalue weighted by Crippen LogP contribution is 2.40. The molecule has 0 spiro atoms. The molecule has 35 heavy (non-hydrogen) atoms. The van der Waals surface area contributed by atoms with Gasteiger partial charge < -0.3 is 10.6 Å². The molecule has 0 radical (unpaired) electrons. The standard InChI is InChI=1S/C25H20BrFN6OS/c1-15-21(23(34)30-19-9-5-11-28-13-19)22(16-7-4-8-18(26)12-16)33-24(29-15)31-25(32-33)35-14-17-6-2-3-10-20(17)27/h2-13,21-22H,1,14H2,(H,30,34)(H,29,31,32)/t21-,22+/m0/s1. The molecular formula is C25H20BrFN6OS. The number of halogens is 2. The minimum atomic E-state index is -0.678. The van der Waals surface area contributed by atoms with Gasteiger partial charge in [0, 0.05) is 22.1 Å². The number of aromatic nitrogens is 4. The second kappa shape index (κ2) is 10.0. The largest absolute Gasteiger partial charge is 0.328 e. The number of benzene rings is 2. The third-order valence-electron chi connectivity index (χ3n) is 5.56. The monoisotopic (exact) mass is 550 g/mol. The molecule has 1 aliphatic heterocycles. The van der Waals surface area contributed by atoms with Crippen LogP contribution in [0.4, 0.5) is 16.0 Å². The molecule has 7 nitrogen and oxygen atoms in total. The Bertz CT molecular complexity index is 1400. The van der Waals surface area contributed by atoms with Gasteiger partial charge in [0.1, 0.15) is 11.7 Å². The number of nitrogens with one attached hydrogen (secondary N) is 2. The van der Waals surface area contributed by atoms with Gasteiger partial charge in [-0.3, -0.25) is 9.78 Å². The Hall–Kier alpha value is -3.50. The van der Waals surface area contributed by atoms with Gasteiger partial charge in [-0.25, -0.2) is 9.07 Å². The smallest absolute Gasteiger partial charge is 0.236 e. The molecule has 0 unspecified atom stereocenters. The lowest BCUT2D eigenvalue weighted by molar-refractivity contribution is -0.119. The molecule has 2 aromatic carbocycles. The van der Waals surface area contributed by atoms with Gasteiger partial charge in [-0.2, -0.15) is 4.98 Å². The minimum Gasteiger partial charge on any atom is -0.328 e. The first-order valence-electron chi connectivity index (χ1n) is 10.7. The first-order valence-corrected chi connectivity index (χ1v) is 12.5. The summed E-state index contributed by atoms with van der Waals surface area (Å²) in [6.45, 7) is 4.13. The molecule has 0 bridgehead atoms. The summed E-state index contributed by atoms with van der Waals surface area (Å²) >= 11 is 4.85. The van der Waals surface area contributed by atoms with Crippen LogP contribution < -0.4 is 10.6 Å². The summed E-state index contributed by atoms with van der Waals surface area (Å²) in [5.41, 5.74) is 2.52. The van der Waals surface area contributed by atoms with Gasteiger partial charge in [-0.15, -0.1) is 5.10 Å². The molecule has 1 amide bonds. The highest BCUT2D eigenvalue weighted by Gasteiger charge is 2.40. The Balaban J connectivity index is 1.49. The zero-order valence-electron chi connectivity index (χ0n) is 18.4. The molecule has 3 heterocycles. The first kappa shape index (κ1) is 23.3. The van der Waals surface area contributed by atoms with E-state index in [1.807, 2.05) is 24.3 Å². The number of fused-ring (bicyclic) bond motifs is 1. The van der Waals surface area contributed by atoms with E-state index < -0.39 is 12.0 Å². The molecule has 0 saturated heterocycles. The Morgan fingerprint density at radius 2 is 2.06 bits per heavy atom. The average Bonchev–Trinajstić information content (AvgIpc) is 3.25. The van der Waals surface area contributed by atoms with Crippen LogP contribution in [0.15, 0.2) is 95.0 Å². The van der Waals surface area contributed by atoms with Crippen LogP contribution in [0.1, 0.15) is 17.2 Å². The summed E-state index contributed by atoms with van der Waals surface area (Å²) in [6, 6.07) is 17.4. The van der Waals surface area contributed by atoms with Crippen molar-refractivity contribution in [2.75, 3.05) is 10.6 Å². The average molecular weight is 551 g/mol. The lowest BCUT2D eigenvalue weighted by atomic mass is 9.88. The number of pyridine rings is 1. The number of amides is 1. The fourth-order valence-electron chi connectivity index (χ4n) is 3.94. The summed E-state index contributed by atoms with van der Waals surface area (Å²) in [4.78, 5) is 22.1. The summed E-state index contributed by atoms with van der Waals surface area (Å²) in [7, 11) is 0. The third kappa shape index (κ3) is 4.98. The number of hydrogen-bond donors (Lipinski definition) is 2.